The predicted molar refractivity (Wildman–Crippen MR) is 55.9 cm³/mol. The molecule has 0 bridgehead atoms. The molecule has 0 aliphatic rings. The van der Waals surface area contributed by atoms with E-state index >= 15 is 0 Å². The van der Waals surface area contributed by atoms with Crippen molar-refractivity contribution in [2.75, 3.05) is 12.0 Å². The topological polar surface area (TPSA) is 42.3 Å². The SMILES string of the molecule is CCS(C)(=O)=Nc1ncccc1Cl. The summed E-state index contributed by atoms with van der Waals surface area (Å²) in [4.78, 5) is 3.93. The van der Waals surface area contributed by atoms with Crippen molar-refractivity contribution >= 4 is 27.1 Å². The summed E-state index contributed by atoms with van der Waals surface area (Å²) in [7, 11) is -2.17. The van der Waals surface area contributed by atoms with E-state index in [-0.39, 0.29) is 0 Å². The monoisotopic (exact) mass is 218 g/mol. The van der Waals surface area contributed by atoms with Gasteiger partial charge in [0.25, 0.3) is 0 Å². The van der Waals surface area contributed by atoms with Crippen LogP contribution in [0.25, 0.3) is 0 Å². The Morgan fingerprint density at radius 2 is 2.38 bits per heavy atom. The Morgan fingerprint density at radius 1 is 1.69 bits per heavy atom. The maximum Gasteiger partial charge on any atom is 0.180 e. The summed E-state index contributed by atoms with van der Waals surface area (Å²) in [5.74, 6) is 0.860. The molecule has 1 heterocycles. The van der Waals surface area contributed by atoms with E-state index in [0.717, 1.165) is 0 Å². The van der Waals surface area contributed by atoms with Crippen molar-refractivity contribution in [1.29, 1.82) is 0 Å². The van der Waals surface area contributed by atoms with Crippen LogP contribution >= 0.6 is 11.6 Å². The molecule has 1 atom stereocenters. The molecule has 0 fully saturated rings. The minimum absolute atomic E-state index is 0.360. The van der Waals surface area contributed by atoms with Crippen LogP contribution in [0.4, 0.5) is 5.82 Å². The largest absolute Gasteiger partial charge is 0.250 e. The first kappa shape index (κ1) is 10.5. The van der Waals surface area contributed by atoms with Gasteiger partial charge in [-0.2, -0.15) is 4.36 Å². The standard InChI is InChI=1S/C8H11ClN2OS/c1-3-13(2,12)11-8-7(9)5-4-6-10-8/h4-6H,3H2,1-2H3. The molecule has 1 aromatic rings. The Morgan fingerprint density at radius 3 is 2.92 bits per heavy atom. The number of pyridine rings is 1. The van der Waals surface area contributed by atoms with Gasteiger partial charge in [-0.1, -0.05) is 18.5 Å². The zero-order chi connectivity index (χ0) is 9.90. The minimum atomic E-state index is -2.17. The molecule has 0 saturated heterocycles. The molecule has 0 radical (unpaired) electrons. The molecule has 0 aliphatic heterocycles. The Bertz CT molecular complexity index is 410. The lowest BCUT2D eigenvalue weighted by Gasteiger charge is -2.00. The Kier molecular flexibility index (Phi) is 3.27. The molecular formula is C8H11ClN2OS. The van der Waals surface area contributed by atoms with Gasteiger partial charge < -0.3 is 0 Å². The number of aromatic nitrogens is 1. The van der Waals surface area contributed by atoms with E-state index in [9.17, 15) is 4.21 Å². The van der Waals surface area contributed by atoms with Gasteiger partial charge in [0.15, 0.2) is 5.82 Å². The van der Waals surface area contributed by atoms with Crippen molar-refractivity contribution in [3.63, 3.8) is 0 Å². The Balaban J connectivity index is 3.19. The number of nitrogens with zero attached hydrogens (tertiary/aromatic N) is 2. The van der Waals surface area contributed by atoms with E-state index in [1.807, 2.05) is 6.92 Å². The number of halogens is 1. The molecule has 0 amide bonds. The van der Waals surface area contributed by atoms with Gasteiger partial charge in [0.2, 0.25) is 0 Å². The third kappa shape index (κ3) is 2.97. The molecule has 1 aromatic heterocycles. The second-order valence-corrected chi connectivity index (χ2v) is 5.73. The van der Waals surface area contributed by atoms with Crippen LogP contribution in [0.15, 0.2) is 22.7 Å². The van der Waals surface area contributed by atoms with Crippen LogP contribution in [0.1, 0.15) is 6.92 Å². The van der Waals surface area contributed by atoms with Crippen LogP contribution in [0.2, 0.25) is 5.02 Å². The molecule has 0 aromatic carbocycles. The fourth-order valence-corrected chi connectivity index (χ4v) is 1.55. The lowest BCUT2D eigenvalue weighted by atomic mass is 10.5. The average molecular weight is 219 g/mol. The first-order valence-corrected chi connectivity index (χ1v) is 6.32. The van der Waals surface area contributed by atoms with Crippen molar-refractivity contribution in [1.82, 2.24) is 4.98 Å². The van der Waals surface area contributed by atoms with Gasteiger partial charge in [0, 0.05) is 18.2 Å². The molecule has 0 saturated carbocycles. The Labute approximate surface area is 83.3 Å². The lowest BCUT2D eigenvalue weighted by Crippen LogP contribution is -1.98. The van der Waals surface area contributed by atoms with Gasteiger partial charge in [0.05, 0.1) is 14.8 Å². The summed E-state index contributed by atoms with van der Waals surface area (Å²) in [6, 6.07) is 3.39. The summed E-state index contributed by atoms with van der Waals surface area (Å²) in [5, 5.41) is 0.436. The maximum atomic E-state index is 11.6. The third-order valence-electron chi connectivity index (χ3n) is 1.55. The second kappa shape index (κ2) is 4.07. The molecule has 5 heteroatoms. The van der Waals surface area contributed by atoms with Gasteiger partial charge in [-0.3, -0.25) is 0 Å². The Hall–Kier alpha value is -0.610. The van der Waals surface area contributed by atoms with Crippen LogP contribution in [0.5, 0.6) is 0 Å². The number of hydrogen-bond acceptors (Lipinski definition) is 3. The summed E-state index contributed by atoms with van der Waals surface area (Å²) in [5.41, 5.74) is 0. The highest BCUT2D eigenvalue weighted by Gasteiger charge is 2.02. The van der Waals surface area contributed by atoms with Gasteiger partial charge in [-0.15, -0.1) is 0 Å². The van der Waals surface area contributed by atoms with Gasteiger partial charge in [-0.05, 0) is 12.1 Å². The molecule has 0 N–H and O–H groups in total. The van der Waals surface area contributed by atoms with Crippen LogP contribution in [0, 0.1) is 0 Å². The summed E-state index contributed by atoms with van der Waals surface area (Å²) in [6.45, 7) is 1.82. The molecular weight excluding hydrogens is 208 g/mol. The van der Waals surface area contributed by atoms with Crippen molar-refractivity contribution in [3.05, 3.63) is 23.4 Å². The zero-order valence-electron chi connectivity index (χ0n) is 7.53. The smallest absolute Gasteiger partial charge is 0.180 e. The maximum absolute atomic E-state index is 11.6. The van der Waals surface area contributed by atoms with Crippen molar-refractivity contribution in [2.24, 2.45) is 4.36 Å². The zero-order valence-corrected chi connectivity index (χ0v) is 9.10. The fourth-order valence-electron chi connectivity index (χ4n) is 0.692. The molecule has 72 valence electrons. The van der Waals surface area contributed by atoms with Crippen LogP contribution in [-0.2, 0) is 9.73 Å². The van der Waals surface area contributed by atoms with E-state index in [0.29, 0.717) is 16.6 Å². The number of hydrogen-bond donors (Lipinski definition) is 0. The molecule has 0 aliphatic carbocycles. The van der Waals surface area contributed by atoms with E-state index in [1.54, 1.807) is 24.6 Å². The fraction of sp³-hybridized carbons (Fsp3) is 0.375. The highest BCUT2D eigenvalue weighted by atomic mass is 35.5. The van der Waals surface area contributed by atoms with Crippen molar-refractivity contribution in [2.45, 2.75) is 6.92 Å². The minimum Gasteiger partial charge on any atom is -0.250 e. The predicted octanol–water partition coefficient (Wildman–Crippen LogP) is 2.48. The van der Waals surface area contributed by atoms with E-state index in [1.165, 1.54) is 0 Å². The van der Waals surface area contributed by atoms with Crippen molar-refractivity contribution < 1.29 is 4.21 Å². The summed E-state index contributed by atoms with van der Waals surface area (Å²) in [6.07, 6.45) is 3.17. The lowest BCUT2D eigenvalue weighted by molar-refractivity contribution is 0.681. The van der Waals surface area contributed by atoms with Crippen LogP contribution in [-0.4, -0.2) is 21.2 Å². The first-order chi connectivity index (χ1) is 6.05. The molecule has 3 nitrogen and oxygen atoms in total. The molecule has 1 unspecified atom stereocenters. The van der Waals surface area contributed by atoms with E-state index < -0.39 is 9.73 Å². The number of rotatable bonds is 2. The van der Waals surface area contributed by atoms with Gasteiger partial charge in [0.1, 0.15) is 0 Å². The van der Waals surface area contributed by atoms with Crippen LogP contribution in [0.3, 0.4) is 0 Å². The highest BCUT2D eigenvalue weighted by molar-refractivity contribution is 7.93. The third-order valence-corrected chi connectivity index (χ3v) is 3.48. The first-order valence-electron chi connectivity index (χ1n) is 3.85. The normalized spacial score (nSPS) is 15.0. The molecule has 1 rings (SSSR count). The second-order valence-electron chi connectivity index (χ2n) is 2.65. The van der Waals surface area contributed by atoms with Crippen molar-refractivity contribution in [3.8, 4) is 0 Å². The van der Waals surface area contributed by atoms with Crippen LogP contribution < -0.4 is 0 Å². The molecule has 13 heavy (non-hydrogen) atoms. The van der Waals surface area contributed by atoms with Gasteiger partial charge >= 0.3 is 0 Å². The van der Waals surface area contributed by atoms with E-state index in [4.69, 9.17) is 11.6 Å². The quantitative estimate of drug-likeness (QED) is 0.766. The van der Waals surface area contributed by atoms with E-state index in [2.05, 4.69) is 9.35 Å². The summed E-state index contributed by atoms with van der Waals surface area (Å²) < 4.78 is 15.6. The average Bonchev–Trinajstić information content (AvgIpc) is 2.09. The van der Waals surface area contributed by atoms with Gasteiger partial charge in [-0.25, -0.2) is 9.19 Å². The molecule has 0 spiro atoms. The summed E-state index contributed by atoms with van der Waals surface area (Å²) >= 11 is 5.81. The highest BCUT2D eigenvalue weighted by Crippen LogP contribution is 2.21.